The number of fused-ring (bicyclic) bond motifs is 4. The first kappa shape index (κ1) is 33.3. The Balaban J connectivity index is 1.33. The molecule has 0 spiro atoms. The molecule has 1 heterocycles. The molecule has 1 aliphatic rings. The number of hydrogen-bond donors (Lipinski definition) is 3. The Bertz CT molecular complexity index is 1850. The number of nitrogens with one attached hydrogen (secondary N) is 3. The molecule has 3 aromatic carbocycles. The van der Waals surface area contributed by atoms with Crippen molar-refractivity contribution in [2.45, 2.75) is 65.1 Å². The fourth-order valence-electron chi connectivity index (χ4n) is 6.39. The van der Waals surface area contributed by atoms with Gasteiger partial charge >= 0.3 is 0 Å². The number of hydrogen-bond acceptors (Lipinski definition) is 8. The maximum Gasteiger partial charge on any atom is 0.220 e. The highest BCUT2D eigenvalue weighted by molar-refractivity contribution is 5.84. The first-order chi connectivity index (χ1) is 22.7. The largest absolute Gasteiger partial charge is 0.493 e. The molecule has 1 unspecified atom stereocenters. The van der Waals surface area contributed by atoms with E-state index in [4.69, 9.17) is 19.2 Å². The van der Waals surface area contributed by atoms with Crippen LogP contribution in [0.2, 0.25) is 0 Å². The highest BCUT2D eigenvalue weighted by Crippen LogP contribution is 2.50. The van der Waals surface area contributed by atoms with E-state index in [1.807, 2.05) is 36.4 Å². The molecule has 1 aliphatic carbocycles. The van der Waals surface area contributed by atoms with Crippen molar-refractivity contribution in [3.05, 3.63) is 75.7 Å². The smallest absolute Gasteiger partial charge is 0.220 e. The monoisotopic (exact) mass is 641 g/mol. The highest BCUT2D eigenvalue weighted by atomic mass is 16.5. The summed E-state index contributed by atoms with van der Waals surface area (Å²) in [7, 11) is 4.69. The van der Waals surface area contributed by atoms with E-state index in [0.29, 0.717) is 60.9 Å². The minimum absolute atomic E-state index is 0.0898. The van der Waals surface area contributed by atoms with Crippen LogP contribution >= 0.6 is 0 Å². The van der Waals surface area contributed by atoms with Gasteiger partial charge in [0.25, 0.3) is 0 Å². The molecule has 1 atom stereocenters. The Morgan fingerprint density at radius 1 is 1.02 bits per heavy atom. The predicted molar refractivity (Wildman–Crippen MR) is 182 cm³/mol. The number of carbonyl (C=O) groups is 2. The van der Waals surface area contributed by atoms with Gasteiger partial charge in [-0.3, -0.25) is 14.4 Å². The van der Waals surface area contributed by atoms with Crippen molar-refractivity contribution >= 4 is 28.5 Å². The van der Waals surface area contributed by atoms with Crippen LogP contribution in [0.25, 0.3) is 22.2 Å². The molecule has 3 N–H and O–H groups in total. The summed E-state index contributed by atoms with van der Waals surface area (Å²) in [5, 5.41) is 9.23. The molecule has 0 fully saturated rings. The number of aryl methyl sites for hydroxylation is 1. The number of methoxy groups -OCH3 is 3. The number of aromatic nitrogens is 2. The van der Waals surface area contributed by atoms with Gasteiger partial charge in [0.1, 0.15) is 5.82 Å². The Hall–Kier alpha value is -5.06. The Morgan fingerprint density at radius 2 is 1.79 bits per heavy atom. The van der Waals surface area contributed by atoms with Crippen molar-refractivity contribution < 1.29 is 23.8 Å². The minimum atomic E-state index is -0.392. The third-order valence-electron chi connectivity index (χ3n) is 8.44. The fraction of sp³-hybridized carbons (Fsp3) is 0.389. The lowest BCUT2D eigenvalue weighted by molar-refractivity contribution is -0.121. The van der Waals surface area contributed by atoms with Gasteiger partial charge in [-0.15, -0.1) is 0 Å². The van der Waals surface area contributed by atoms with Gasteiger partial charge in [-0.05, 0) is 80.1 Å². The fourth-order valence-corrected chi connectivity index (χ4v) is 6.39. The summed E-state index contributed by atoms with van der Waals surface area (Å²) >= 11 is 0. The first-order valence-electron chi connectivity index (χ1n) is 15.9. The average molecular weight is 642 g/mol. The summed E-state index contributed by atoms with van der Waals surface area (Å²) < 4.78 is 19.3. The molecule has 5 rings (SSSR count). The zero-order valence-electron chi connectivity index (χ0n) is 27.9. The van der Waals surface area contributed by atoms with Crippen LogP contribution in [0.1, 0.15) is 69.1 Å². The van der Waals surface area contributed by atoms with Gasteiger partial charge in [0.15, 0.2) is 11.5 Å². The zero-order valence-corrected chi connectivity index (χ0v) is 27.9. The molecule has 248 valence electrons. The number of anilines is 1. The Kier molecular flexibility index (Phi) is 10.3. The standard InChI is InChI=1S/C36H43N5O6/c1-21(2)41-29-11-8-7-10-27(29)40-32(41)20-38-33(44)12-9-17-37-28-16-14-24-25(19-30(28)43)26(39-22(3)42)15-13-23-18-31(45-4)35(46-5)36(47-6)34(23)24/h7-8,10-11,14,16,18-19,21,26H,9,12-13,15,17,20H2,1-6H3,(H,37,43)(H,38,44)(H,39,42). The lowest BCUT2D eigenvalue weighted by Gasteiger charge is -2.19. The number of benzene rings is 2. The molecule has 4 aromatic rings. The molecule has 11 nitrogen and oxygen atoms in total. The summed E-state index contributed by atoms with van der Waals surface area (Å²) in [5.41, 5.74) is 5.31. The summed E-state index contributed by atoms with van der Waals surface area (Å²) in [6.45, 7) is 6.41. The molecular weight excluding hydrogens is 598 g/mol. The molecule has 47 heavy (non-hydrogen) atoms. The van der Waals surface area contributed by atoms with Crippen LogP contribution in [0.5, 0.6) is 17.2 Å². The van der Waals surface area contributed by atoms with E-state index in [2.05, 4.69) is 34.4 Å². The third-order valence-corrected chi connectivity index (χ3v) is 8.44. The summed E-state index contributed by atoms with van der Waals surface area (Å²) in [4.78, 5) is 43.2. The molecule has 0 aliphatic heterocycles. The van der Waals surface area contributed by atoms with Crippen molar-refractivity contribution in [3.63, 3.8) is 0 Å². The summed E-state index contributed by atoms with van der Waals surface area (Å²) in [6, 6.07) is 14.9. The second-order valence-corrected chi connectivity index (χ2v) is 11.9. The van der Waals surface area contributed by atoms with E-state index in [1.54, 1.807) is 33.5 Å². The molecule has 11 heteroatoms. The molecule has 1 aromatic heterocycles. The van der Waals surface area contributed by atoms with Crippen LogP contribution < -0.4 is 35.6 Å². The molecule has 0 bridgehead atoms. The first-order valence-corrected chi connectivity index (χ1v) is 15.9. The van der Waals surface area contributed by atoms with E-state index >= 15 is 0 Å². The average Bonchev–Trinajstić information content (AvgIpc) is 3.28. The zero-order chi connectivity index (χ0) is 33.7. The normalized spacial score (nSPS) is 13.7. The van der Waals surface area contributed by atoms with Gasteiger partial charge in [-0.2, -0.15) is 0 Å². The van der Waals surface area contributed by atoms with Crippen molar-refractivity contribution in [1.82, 2.24) is 20.2 Å². The number of imidazole rings is 1. The van der Waals surface area contributed by atoms with Crippen molar-refractivity contribution in [3.8, 4) is 28.4 Å². The van der Waals surface area contributed by atoms with Gasteiger partial charge in [-0.1, -0.05) is 18.2 Å². The molecule has 0 saturated carbocycles. The maximum absolute atomic E-state index is 13.5. The van der Waals surface area contributed by atoms with Crippen LogP contribution in [0, 0.1) is 0 Å². The summed E-state index contributed by atoms with van der Waals surface area (Å²) in [5.74, 6) is 2.02. The number of ether oxygens (including phenoxy) is 3. The van der Waals surface area contributed by atoms with E-state index in [-0.39, 0.29) is 29.7 Å². The van der Waals surface area contributed by atoms with E-state index in [0.717, 1.165) is 33.5 Å². The SMILES string of the molecule is COc1cc2c(c(OC)c1OC)-c1ccc(NCCCC(=O)NCc3nc4ccccc4n3C(C)C)c(=O)cc1C(NC(C)=O)CC2. The molecule has 0 saturated heterocycles. The molecule has 2 amide bonds. The quantitative estimate of drug-likeness (QED) is 0.178. The van der Waals surface area contributed by atoms with Gasteiger partial charge < -0.3 is 34.7 Å². The Morgan fingerprint density at radius 3 is 2.49 bits per heavy atom. The van der Waals surface area contributed by atoms with Crippen molar-refractivity contribution in [2.75, 3.05) is 33.2 Å². The van der Waals surface area contributed by atoms with E-state index in [1.165, 1.54) is 6.92 Å². The molecular formula is C36H43N5O6. The third kappa shape index (κ3) is 7.03. The number of carbonyl (C=O) groups excluding carboxylic acids is 2. The van der Waals surface area contributed by atoms with Gasteiger partial charge in [0, 0.05) is 31.5 Å². The van der Waals surface area contributed by atoms with Crippen molar-refractivity contribution in [1.29, 1.82) is 0 Å². The number of nitrogens with zero attached hydrogens (tertiary/aromatic N) is 2. The summed E-state index contributed by atoms with van der Waals surface area (Å²) in [6.07, 6.45) is 2.00. The Labute approximate surface area is 274 Å². The van der Waals surface area contributed by atoms with E-state index < -0.39 is 6.04 Å². The van der Waals surface area contributed by atoms with Crippen LogP contribution in [-0.4, -0.2) is 49.2 Å². The lowest BCUT2D eigenvalue weighted by atomic mass is 9.95. The number of rotatable bonds is 12. The topological polar surface area (TPSA) is 133 Å². The van der Waals surface area contributed by atoms with Gasteiger partial charge in [0.2, 0.25) is 23.0 Å². The van der Waals surface area contributed by atoms with Crippen LogP contribution in [0.15, 0.2) is 53.3 Å². The lowest BCUT2D eigenvalue weighted by Crippen LogP contribution is -2.26. The van der Waals surface area contributed by atoms with E-state index in [9.17, 15) is 14.4 Å². The maximum atomic E-state index is 13.5. The van der Waals surface area contributed by atoms with Crippen LogP contribution in [0.4, 0.5) is 5.69 Å². The van der Waals surface area contributed by atoms with Crippen LogP contribution in [-0.2, 0) is 22.6 Å². The second-order valence-electron chi connectivity index (χ2n) is 11.9. The predicted octanol–water partition coefficient (Wildman–Crippen LogP) is 5.30. The second kappa shape index (κ2) is 14.6. The highest BCUT2D eigenvalue weighted by Gasteiger charge is 2.29. The number of para-hydroxylation sites is 2. The number of amides is 2. The van der Waals surface area contributed by atoms with Crippen LogP contribution in [0.3, 0.4) is 0 Å². The van der Waals surface area contributed by atoms with Gasteiger partial charge in [-0.25, -0.2) is 4.98 Å². The van der Waals surface area contributed by atoms with Crippen molar-refractivity contribution in [2.24, 2.45) is 0 Å². The minimum Gasteiger partial charge on any atom is -0.493 e. The van der Waals surface area contributed by atoms with Gasteiger partial charge in [0.05, 0.1) is 50.6 Å². The molecule has 0 radical (unpaired) electrons.